The number of benzene rings is 1. The molecule has 7 nitrogen and oxygen atoms in total. The molecular weight excluding hydrogens is 451 g/mol. The Balaban J connectivity index is 1.49. The van der Waals surface area contributed by atoms with Crippen LogP contribution in [0.5, 0.6) is 0 Å². The summed E-state index contributed by atoms with van der Waals surface area (Å²) in [6, 6.07) is 8.56. The number of amides is 3. The van der Waals surface area contributed by atoms with E-state index in [4.69, 9.17) is 32.4 Å². The molecule has 2 aliphatic rings. The maximum absolute atomic E-state index is 12.7. The minimum absolute atomic E-state index is 0.188. The van der Waals surface area contributed by atoms with Crippen LogP contribution in [0.25, 0.3) is 17.4 Å². The van der Waals surface area contributed by atoms with Crippen LogP contribution in [-0.2, 0) is 14.3 Å². The summed E-state index contributed by atoms with van der Waals surface area (Å²) in [6.07, 6.45) is 1.48. The van der Waals surface area contributed by atoms with Crippen LogP contribution in [0.1, 0.15) is 5.76 Å². The van der Waals surface area contributed by atoms with Gasteiger partial charge in [-0.05, 0) is 36.0 Å². The van der Waals surface area contributed by atoms with Crippen molar-refractivity contribution in [2.75, 3.05) is 32.8 Å². The van der Waals surface area contributed by atoms with E-state index in [9.17, 15) is 14.4 Å². The summed E-state index contributed by atoms with van der Waals surface area (Å²) >= 11 is 13.0. The summed E-state index contributed by atoms with van der Waals surface area (Å²) in [5.74, 6) is 0.0598. The lowest BCUT2D eigenvalue weighted by atomic mass is 10.2. The van der Waals surface area contributed by atoms with Crippen LogP contribution in [0.2, 0.25) is 10.0 Å². The number of morpholine rings is 1. The number of thioether (sulfide) groups is 1. The van der Waals surface area contributed by atoms with E-state index in [1.54, 1.807) is 35.2 Å². The van der Waals surface area contributed by atoms with E-state index >= 15 is 0 Å². The van der Waals surface area contributed by atoms with Gasteiger partial charge in [-0.15, -0.1) is 0 Å². The monoisotopic (exact) mass is 466 g/mol. The Kier molecular flexibility index (Phi) is 6.19. The van der Waals surface area contributed by atoms with Gasteiger partial charge in [-0.3, -0.25) is 19.3 Å². The fourth-order valence-corrected chi connectivity index (χ4v) is 4.29. The topological polar surface area (TPSA) is 80.1 Å². The minimum atomic E-state index is -0.523. The second kappa shape index (κ2) is 8.85. The SMILES string of the molecule is O=C(CN1C(=O)S/C(=C\c2ccc(-c3cccc(Cl)c3Cl)o2)C1=O)N1CCOCC1. The Labute approximate surface area is 186 Å². The van der Waals surface area contributed by atoms with Crippen LogP contribution in [-0.4, -0.2) is 59.7 Å². The molecule has 0 N–H and O–H groups in total. The lowest BCUT2D eigenvalue weighted by Crippen LogP contribution is -2.46. The number of carbonyl (C=O) groups excluding carboxylic acids is 3. The highest BCUT2D eigenvalue weighted by molar-refractivity contribution is 8.18. The molecule has 2 saturated heterocycles. The summed E-state index contributed by atoms with van der Waals surface area (Å²) < 4.78 is 11.0. The first-order chi connectivity index (χ1) is 14.4. The Morgan fingerprint density at radius 1 is 1.13 bits per heavy atom. The van der Waals surface area contributed by atoms with Gasteiger partial charge in [-0.25, -0.2) is 0 Å². The number of hydrogen-bond donors (Lipinski definition) is 0. The van der Waals surface area contributed by atoms with Gasteiger partial charge in [0.15, 0.2) is 0 Å². The third-order valence-electron chi connectivity index (χ3n) is 4.65. The zero-order valence-corrected chi connectivity index (χ0v) is 17.9. The van der Waals surface area contributed by atoms with E-state index in [2.05, 4.69) is 0 Å². The summed E-state index contributed by atoms with van der Waals surface area (Å²) in [5.41, 5.74) is 0.619. The molecule has 0 unspecified atom stereocenters. The van der Waals surface area contributed by atoms with Crippen molar-refractivity contribution in [1.29, 1.82) is 0 Å². The van der Waals surface area contributed by atoms with Gasteiger partial charge in [-0.2, -0.15) is 0 Å². The predicted octanol–water partition coefficient (Wildman–Crippen LogP) is 4.15. The Morgan fingerprint density at radius 3 is 2.67 bits per heavy atom. The van der Waals surface area contributed by atoms with Gasteiger partial charge in [0.25, 0.3) is 11.1 Å². The van der Waals surface area contributed by atoms with Crippen LogP contribution in [0, 0.1) is 0 Å². The molecule has 30 heavy (non-hydrogen) atoms. The fraction of sp³-hybridized carbons (Fsp3) is 0.250. The molecular formula is C20H16Cl2N2O5S. The average Bonchev–Trinajstić information content (AvgIpc) is 3.31. The Bertz CT molecular complexity index is 1050. The number of hydrogen-bond acceptors (Lipinski definition) is 6. The summed E-state index contributed by atoms with van der Waals surface area (Å²) in [4.78, 5) is 40.0. The van der Waals surface area contributed by atoms with Crippen molar-refractivity contribution in [3.05, 3.63) is 51.0 Å². The maximum atomic E-state index is 12.7. The molecule has 0 bridgehead atoms. The van der Waals surface area contributed by atoms with E-state index in [0.29, 0.717) is 53.4 Å². The highest BCUT2D eigenvalue weighted by atomic mass is 35.5. The average molecular weight is 467 g/mol. The second-order valence-corrected chi connectivity index (χ2v) is 8.34. The molecule has 0 saturated carbocycles. The molecule has 2 fully saturated rings. The van der Waals surface area contributed by atoms with Crippen molar-refractivity contribution in [2.24, 2.45) is 0 Å². The molecule has 2 aromatic rings. The van der Waals surface area contributed by atoms with Crippen LogP contribution in [0.4, 0.5) is 4.79 Å². The molecule has 3 amide bonds. The van der Waals surface area contributed by atoms with Gasteiger partial charge in [0.1, 0.15) is 18.1 Å². The largest absolute Gasteiger partial charge is 0.457 e. The van der Waals surface area contributed by atoms with Crippen molar-refractivity contribution in [2.45, 2.75) is 0 Å². The molecule has 2 aliphatic heterocycles. The molecule has 1 aromatic heterocycles. The normalized spacial score (nSPS) is 18.5. The highest BCUT2D eigenvalue weighted by Crippen LogP contribution is 2.36. The van der Waals surface area contributed by atoms with Crippen LogP contribution in [0.15, 0.2) is 39.7 Å². The van der Waals surface area contributed by atoms with Gasteiger partial charge < -0.3 is 14.1 Å². The van der Waals surface area contributed by atoms with Gasteiger partial charge in [0, 0.05) is 24.7 Å². The second-order valence-electron chi connectivity index (χ2n) is 6.56. The zero-order chi connectivity index (χ0) is 21.3. The lowest BCUT2D eigenvalue weighted by molar-refractivity contribution is -0.139. The predicted molar refractivity (Wildman–Crippen MR) is 114 cm³/mol. The van der Waals surface area contributed by atoms with Crippen molar-refractivity contribution in [1.82, 2.24) is 9.80 Å². The zero-order valence-electron chi connectivity index (χ0n) is 15.6. The number of carbonyl (C=O) groups is 3. The molecule has 4 rings (SSSR count). The summed E-state index contributed by atoms with van der Waals surface area (Å²) in [7, 11) is 0. The molecule has 0 radical (unpaired) electrons. The Hall–Kier alpha value is -2.26. The van der Waals surface area contributed by atoms with E-state index in [1.165, 1.54) is 6.08 Å². The van der Waals surface area contributed by atoms with Crippen molar-refractivity contribution < 1.29 is 23.5 Å². The first kappa shape index (κ1) is 21.0. The van der Waals surface area contributed by atoms with Crippen LogP contribution >= 0.6 is 35.0 Å². The van der Waals surface area contributed by atoms with Gasteiger partial charge >= 0.3 is 0 Å². The van der Waals surface area contributed by atoms with E-state index < -0.39 is 11.1 Å². The standard InChI is InChI=1S/C20H16Cl2N2O5S/c21-14-3-1-2-13(18(14)22)15-5-4-12(29-15)10-16-19(26)24(20(27)30-16)11-17(25)23-6-8-28-9-7-23/h1-5,10H,6-9,11H2/b16-10-. The third kappa shape index (κ3) is 4.27. The van der Waals surface area contributed by atoms with Crippen molar-refractivity contribution >= 4 is 58.1 Å². The quantitative estimate of drug-likeness (QED) is 0.629. The molecule has 1 aromatic carbocycles. The summed E-state index contributed by atoms with van der Waals surface area (Å²) in [5, 5.41) is 0.276. The number of nitrogens with zero attached hydrogens (tertiary/aromatic N) is 2. The minimum Gasteiger partial charge on any atom is -0.457 e. The third-order valence-corrected chi connectivity index (χ3v) is 6.37. The number of rotatable bonds is 4. The van der Waals surface area contributed by atoms with Crippen LogP contribution < -0.4 is 0 Å². The molecule has 0 spiro atoms. The first-order valence-corrected chi connectivity index (χ1v) is 10.7. The number of imide groups is 1. The fourth-order valence-electron chi connectivity index (χ4n) is 3.08. The van der Waals surface area contributed by atoms with E-state index in [0.717, 1.165) is 16.7 Å². The van der Waals surface area contributed by atoms with Gasteiger partial charge in [0.2, 0.25) is 5.91 Å². The molecule has 0 aliphatic carbocycles. The van der Waals surface area contributed by atoms with E-state index in [-0.39, 0.29) is 17.4 Å². The Morgan fingerprint density at radius 2 is 1.90 bits per heavy atom. The summed E-state index contributed by atoms with van der Waals surface area (Å²) in [6.45, 7) is 1.51. The van der Waals surface area contributed by atoms with Crippen molar-refractivity contribution in [3.63, 3.8) is 0 Å². The molecule has 156 valence electrons. The van der Waals surface area contributed by atoms with Gasteiger partial charge in [0.05, 0.1) is 28.2 Å². The molecule has 10 heteroatoms. The lowest BCUT2D eigenvalue weighted by Gasteiger charge is -2.27. The van der Waals surface area contributed by atoms with E-state index in [1.807, 2.05) is 0 Å². The smallest absolute Gasteiger partial charge is 0.294 e. The number of halogens is 2. The van der Waals surface area contributed by atoms with Crippen LogP contribution in [0.3, 0.4) is 0 Å². The van der Waals surface area contributed by atoms with Gasteiger partial charge in [-0.1, -0.05) is 29.3 Å². The molecule has 0 atom stereocenters. The number of furan rings is 1. The number of ether oxygens (including phenoxy) is 1. The highest BCUT2D eigenvalue weighted by Gasteiger charge is 2.37. The first-order valence-electron chi connectivity index (χ1n) is 9.09. The maximum Gasteiger partial charge on any atom is 0.294 e. The molecule has 3 heterocycles. The van der Waals surface area contributed by atoms with Crippen molar-refractivity contribution in [3.8, 4) is 11.3 Å².